The molecule has 2 rings (SSSR count). The summed E-state index contributed by atoms with van der Waals surface area (Å²) in [5.41, 5.74) is 0.0312. The van der Waals surface area contributed by atoms with Crippen molar-refractivity contribution in [1.82, 2.24) is 5.16 Å². The van der Waals surface area contributed by atoms with Crippen LogP contribution in [0, 0.1) is 0 Å². The number of halogens is 1. The van der Waals surface area contributed by atoms with Crippen LogP contribution in [-0.4, -0.2) is 22.1 Å². The Bertz CT molecular complexity index is 595. The molecule has 0 aliphatic rings. The van der Waals surface area contributed by atoms with Crippen molar-refractivity contribution >= 4 is 29.2 Å². The Hall–Kier alpha value is -2.34. The first-order valence-corrected chi connectivity index (χ1v) is 5.20. The summed E-state index contributed by atoms with van der Waals surface area (Å²) in [6.07, 6.45) is 1.31. The molecule has 0 saturated heterocycles. The van der Waals surface area contributed by atoms with Gasteiger partial charge in [-0.05, 0) is 18.2 Å². The van der Waals surface area contributed by atoms with E-state index in [1.54, 1.807) is 0 Å². The molecule has 0 aliphatic carbocycles. The number of hydrogen-bond acceptors (Lipinski definition) is 4. The van der Waals surface area contributed by atoms with Crippen LogP contribution in [0.2, 0.25) is 5.02 Å². The van der Waals surface area contributed by atoms with Crippen molar-refractivity contribution in [2.45, 2.75) is 0 Å². The van der Waals surface area contributed by atoms with Gasteiger partial charge >= 0.3 is 5.97 Å². The Morgan fingerprint density at radius 3 is 2.72 bits per heavy atom. The van der Waals surface area contributed by atoms with Crippen LogP contribution in [-0.2, 0) is 0 Å². The third-order valence-electron chi connectivity index (χ3n) is 2.12. The van der Waals surface area contributed by atoms with Gasteiger partial charge in [0.2, 0.25) is 5.76 Å². The molecule has 0 atom stereocenters. The first-order chi connectivity index (χ1) is 8.58. The van der Waals surface area contributed by atoms with Crippen LogP contribution in [0.5, 0.6) is 0 Å². The maximum atomic E-state index is 11.7. The van der Waals surface area contributed by atoms with Gasteiger partial charge in [0, 0.05) is 11.1 Å². The summed E-state index contributed by atoms with van der Waals surface area (Å²) in [4.78, 5) is 22.7. The monoisotopic (exact) mass is 266 g/mol. The van der Waals surface area contributed by atoms with Gasteiger partial charge in [-0.1, -0.05) is 16.8 Å². The summed E-state index contributed by atoms with van der Waals surface area (Å²) in [6.45, 7) is 0. The van der Waals surface area contributed by atoms with Crippen molar-refractivity contribution in [3.05, 3.63) is 46.8 Å². The highest BCUT2D eigenvalue weighted by Crippen LogP contribution is 2.21. The Morgan fingerprint density at radius 2 is 2.11 bits per heavy atom. The molecule has 0 unspecified atom stereocenters. The first kappa shape index (κ1) is 12.1. The second-order valence-corrected chi connectivity index (χ2v) is 3.76. The predicted molar refractivity (Wildman–Crippen MR) is 62.9 cm³/mol. The number of nitrogens with one attached hydrogen (secondary N) is 1. The fourth-order valence-electron chi connectivity index (χ4n) is 1.32. The molecular weight excluding hydrogens is 260 g/mol. The zero-order valence-electron chi connectivity index (χ0n) is 8.88. The van der Waals surface area contributed by atoms with E-state index in [2.05, 4.69) is 15.0 Å². The largest absolute Gasteiger partial charge is 0.478 e. The number of benzene rings is 1. The summed E-state index contributed by atoms with van der Waals surface area (Å²) in [5, 5.41) is 15.0. The lowest BCUT2D eigenvalue weighted by atomic mass is 10.1. The van der Waals surface area contributed by atoms with Crippen LogP contribution in [0.1, 0.15) is 20.9 Å². The molecule has 6 nitrogen and oxygen atoms in total. The molecule has 1 heterocycles. The number of anilines is 1. The minimum absolute atomic E-state index is 0.0127. The summed E-state index contributed by atoms with van der Waals surface area (Å²) in [6, 6.07) is 5.50. The number of aromatic carboxylic acids is 1. The number of carbonyl (C=O) groups is 2. The number of rotatable bonds is 3. The molecule has 1 aromatic heterocycles. The van der Waals surface area contributed by atoms with Gasteiger partial charge in [0.1, 0.15) is 0 Å². The fourth-order valence-corrected chi connectivity index (χ4v) is 1.49. The Labute approximate surface area is 106 Å². The van der Waals surface area contributed by atoms with E-state index in [4.69, 9.17) is 16.7 Å². The van der Waals surface area contributed by atoms with Crippen molar-refractivity contribution in [1.29, 1.82) is 0 Å². The quantitative estimate of drug-likeness (QED) is 0.889. The smallest absolute Gasteiger partial charge is 0.337 e. The number of carboxylic acid groups (broad SMARTS) is 1. The molecule has 18 heavy (non-hydrogen) atoms. The Kier molecular flexibility index (Phi) is 3.29. The van der Waals surface area contributed by atoms with E-state index in [-0.39, 0.29) is 22.0 Å². The lowest BCUT2D eigenvalue weighted by Gasteiger charge is -2.07. The molecule has 1 amide bonds. The van der Waals surface area contributed by atoms with Crippen LogP contribution < -0.4 is 5.32 Å². The number of aromatic nitrogens is 1. The second-order valence-electron chi connectivity index (χ2n) is 3.33. The molecule has 0 bridgehead atoms. The summed E-state index contributed by atoms with van der Waals surface area (Å²) in [7, 11) is 0. The third kappa shape index (κ3) is 2.49. The molecule has 0 spiro atoms. The van der Waals surface area contributed by atoms with Gasteiger partial charge < -0.3 is 14.9 Å². The van der Waals surface area contributed by atoms with Gasteiger partial charge in [-0.2, -0.15) is 0 Å². The minimum Gasteiger partial charge on any atom is -0.478 e. The fraction of sp³-hybridized carbons (Fsp3) is 0. The lowest BCUT2D eigenvalue weighted by Crippen LogP contribution is -2.14. The number of carbonyl (C=O) groups excluding carboxylic acids is 1. The molecular formula is C11H7ClN2O4. The van der Waals surface area contributed by atoms with E-state index >= 15 is 0 Å². The number of carboxylic acids is 1. The van der Waals surface area contributed by atoms with E-state index in [1.165, 1.54) is 30.5 Å². The van der Waals surface area contributed by atoms with E-state index < -0.39 is 11.9 Å². The SMILES string of the molecule is O=C(Nc1ccc(Cl)cc1C(=O)O)c1ccno1. The van der Waals surface area contributed by atoms with Gasteiger partial charge in [0.15, 0.2) is 0 Å². The molecule has 2 N–H and O–H groups in total. The van der Waals surface area contributed by atoms with E-state index in [1.807, 2.05) is 0 Å². The van der Waals surface area contributed by atoms with Gasteiger partial charge in [-0.3, -0.25) is 4.79 Å². The van der Waals surface area contributed by atoms with Crippen molar-refractivity contribution in [3.63, 3.8) is 0 Å². The van der Waals surface area contributed by atoms with Crippen LogP contribution in [0.15, 0.2) is 35.0 Å². The molecule has 0 fully saturated rings. The zero-order valence-corrected chi connectivity index (χ0v) is 9.64. The first-order valence-electron chi connectivity index (χ1n) is 4.83. The van der Waals surface area contributed by atoms with Gasteiger partial charge in [0.05, 0.1) is 17.4 Å². The Balaban J connectivity index is 2.29. The molecule has 7 heteroatoms. The van der Waals surface area contributed by atoms with E-state index in [9.17, 15) is 9.59 Å². The van der Waals surface area contributed by atoms with Crippen LogP contribution >= 0.6 is 11.6 Å². The summed E-state index contributed by atoms with van der Waals surface area (Å²) < 4.78 is 4.66. The normalized spacial score (nSPS) is 10.1. The standard InChI is InChI=1S/C11H7ClN2O4/c12-6-1-2-8(7(5-6)11(16)17)14-10(15)9-3-4-13-18-9/h1-5H,(H,14,15)(H,16,17). The van der Waals surface area contributed by atoms with Crippen molar-refractivity contribution in [2.75, 3.05) is 5.32 Å². The average Bonchev–Trinajstić information content (AvgIpc) is 2.84. The maximum absolute atomic E-state index is 11.7. The summed E-state index contributed by atoms with van der Waals surface area (Å²) in [5.74, 6) is -1.79. The number of hydrogen-bond donors (Lipinski definition) is 2. The minimum atomic E-state index is -1.19. The van der Waals surface area contributed by atoms with Crippen LogP contribution in [0.3, 0.4) is 0 Å². The summed E-state index contributed by atoms with van der Waals surface area (Å²) >= 11 is 5.69. The molecule has 0 radical (unpaired) electrons. The average molecular weight is 267 g/mol. The molecule has 0 saturated carbocycles. The molecule has 2 aromatic rings. The van der Waals surface area contributed by atoms with Gasteiger partial charge in [-0.15, -0.1) is 0 Å². The highest BCUT2D eigenvalue weighted by atomic mass is 35.5. The van der Waals surface area contributed by atoms with Crippen molar-refractivity contribution < 1.29 is 19.2 Å². The number of amides is 1. The van der Waals surface area contributed by atoms with Crippen molar-refractivity contribution in [3.8, 4) is 0 Å². The highest BCUT2D eigenvalue weighted by Gasteiger charge is 2.15. The van der Waals surface area contributed by atoms with E-state index in [0.717, 1.165) is 0 Å². The topological polar surface area (TPSA) is 92.4 Å². The highest BCUT2D eigenvalue weighted by molar-refractivity contribution is 6.31. The van der Waals surface area contributed by atoms with E-state index in [0.29, 0.717) is 0 Å². The third-order valence-corrected chi connectivity index (χ3v) is 2.36. The maximum Gasteiger partial charge on any atom is 0.337 e. The van der Waals surface area contributed by atoms with Crippen LogP contribution in [0.25, 0.3) is 0 Å². The molecule has 92 valence electrons. The second kappa shape index (κ2) is 4.89. The number of nitrogens with zero attached hydrogens (tertiary/aromatic N) is 1. The van der Waals surface area contributed by atoms with Gasteiger partial charge in [-0.25, -0.2) is 4.79 Å². The predicted octanol–water partition coefficient (Wildman–Crippen LogP) is 2.28. The lowest BCUT2D eigenvalue weighted by molar-refractivity contribution is 0.0698. The molecule has 0 aliphatic heterocycles. The van der Waals surface area contributed by atoms with Crippen molar-refractivity contribution in [2.24, 2.45) is 0 Å². The van der Waals surface area contributed by atoms with Crippen LogP contribution in [0.4, 0.5) is 5.69 Å². The molecule has 1 aromatic carbocycles. The van der Waals surface area contributed by atoms with Gasteiger partial charge in [0.25, 0.3) is 5.91 Å². The Morgan fingerprint density at radius 1 is 1.33 bits per heavy atom. The zero-order chi connectivity index (χ0) is 13.1.